The van der Waals surface area contributed by atoms with E-state index in [1.54, 1.807) is 18.2 Å². The summed E-state index contributed by atoms with van der Waals surface area (Å²) in [6, 6.07) is 3.24. The Labute approximate surface area is 248 Å². The minimum Gasteiger partial charge on any atom is -0.382 e. The lowest BCUT2D eigenvalue weighted by Crippen LogP contribution is -2.44. The average molecular weight is 629 g/mol. The van der Waals surface area contributed by atoms with Crippen molar-refractivity contribution in [3.63, 3.8) is 0 Å². The van der Waals surface area contributed by atoms with E-state index in [2.05, 4.69) is 30.9 Å². The number of imidazole rings is 1. The number of methoxy groups -OCH3 is 1. The van der Waals surface area contributed by atoms with Gasteiger partial charge < -0.3 is 25.1 Å². The number of fused-ring (bicyclic) bond motifs is 1. The van der Waals surface area contributed by atoms with Crippen LogP contribution in [0.1, 0.15) is 91.5 Å². The van der Waals surface area contributed by atoms with Crippen LogP contribution in [0.25, 0.3) is 11.0 Å². The maximum absolute atomic E-state index is 13.5. The number of hydrogen-bond donors (Lipinski definition) is 3. The summed E-state index contributed by atoms with van der Waals surface area (Å²) < 4.78 is 82.3. The summed E-state index contributed by atoms with van der Waals surface area (Å²) in [6.45, 7) is 1.26. The molecule has 2 atom stereocenters. The van der Waals surface area contributed by atoms with Crippen molar-refractivity contribution >= 4 is 22.8 Å². The topological polar surface area (TPSA) is 144 Å². The van der Waals surface area contributed by atoms with Crippen LogP contribution in [0.4, 0.5) is 22.0 Å². The van der Waals surface area contributed by atoms with Gasteiger partial charge in [0.15, 0.2) is 11.3 Å². The Kier molecular flexibility index (Phi) is 8.68. The third-order valence-corrected chi connectivity index (χ3v) is 7.87. The third-order valence-electron chi connectivity index (χ3n) is 7.87. The van der Waals surface area contributed by atoms with Gasteiger partial charge >= 0.3 is 6.18 Å². The standard InChI is InChI=1S/C28H33F5N6O5/c1-26(2,28(31,32)33)43-13-20(37-25(41)23-22(15-4-5-15)38-44-39-23)24-35-17-7-6-16(9-18(17)36-24)19(12-42-3)34-21(40)8-14-10-27(29,30)11-14/h6-7,9,14-15,19-20H,4-5,8,10-13H2,1-3H3,(H,34,40)(H,35,36)(H,37,41)/t19-,20-/m0/s1. The van der Waals surface area contributed by atoms with Gasteiger partial charge in [-0.15, -0.1) is 0 Å². The van der Waals surface area contributed by atoms with Gasteiger partial charge in [-0.2, -0.15) is 13.2 Å². The maximum Gasteiger partial charge on any atom is 0.416 e. The molecular weight excluding hydrogens is 595 g/mol. The van der Waals surface area contributed by atoms with Gasteiger partial charge in [-0.1, -0.05) is 11.2 Å². The molecule has 5 rings (SSSR count). The van der Waals surface area contributed by atoms with E-state index < -0.39 is 54.1 Å². The zero-order valence-electron chi connectivity index (χ0n) is 24.3. The second kappa shape index (κ2) is 12.0. The number of aromatic nitrogens is 4. The molecular formula is C28H33F5N6O5. The Morgan fingerprint density at radius 1 is 1.11 bits per heavy atom. The highest BCUT2D eigenvalue weighted by atomic mass is 19.4. The smallest absolute Gasteiger partial charge is 0.382 e. The quantitative estimate of drug-likeness (QED) is 0.227. The van der Waals surface area contributed by atoms with E-state index in [1.165, 1.54) is 7.11 Å². The molecule has 0 saturated heterocycles. The minimum absolute atomic E-state index is 0.0284. The van der Waals surface area contributed by atoms with Crippen LogP contribution >= 0.6 is 0 Å². The van der Waals surface area contributed by atoms with E-state index >= 15 is 0 Å². The number of carbonyl (C=O) groups excluding carboxylic acids is 2. The number of ether oxygens (including phenoxy) is 2. The molecule has 1 aromatic carbocycles. The van der Waals surface area contributed by atoms with E-state index in [0.717, 1.165) is 26.7 Å². The minimum atomic E-state index is -4.68. The molecule has 2 saturated carbocycles. The Morgan fingerprint density at radius 2 is 1.84 bits per heavy atom. The Bertz CT molecular complexity index is 1490. The number of nitrogens with zero attached hydrogens (tertiary/aromatic N) is 3. The van der Waals surface area contributed by atoms with Crippen LogP contribution in [0.3, 0.4) is 0 Å². The fraction of sp³-hybridized carbons (Fsp3) is 0.607. The lowest BCUT2D eigenvalue weighted by molar-refractivity contribution is -0.265. The van der Waals surface area contributed by atoms with Crippen LogP contribution in [0.2, 0.25) is 0 Å². The molecule has 3 N–H and O–H groups in total. The van der Waals surface area contributed by atoms with E-state index in [1.807, 2.05) is 0 Å². The number of alkyl halides is 5. The van der Waals surface area contributed by atoms with Gasteiger partial charge in [0.1, 0.15) is 17.6 Å². The molecule has 0 bridgehead atoms. The summed E-state index contributed by atoms with van der Waals surface area (Å²) in [5, 5.41) is 13.0. The molecule has 2 aromatic heterocycles. The van der Waals surface area contributed by atoms with E-state index in [0.29, 0.717) is 22.3 Å². The molecule has 3 aromatic rings. The van der Waals surface area contributed by atoms with E-state index in [-0.39, 0.29) is 43.3 Å². The number of amides is 2. The van der Waals surface area contributed by atoms with Crippen molar-refractivity contribution in [2.45, 2.75) is 81.7 Å². The molecule has 16 heteroatoms. The van der Waals surface area contributed by atoms with E-state index in [4.69, 9.17) is 14.1 Å². The van der Waals surface area contributed by atoms with Crippen LogP contribution < -0.4 is 10.6 Å². The Morgan fingerprint density at radius 3 is 2.48 bits per heavy atom. The van der Waals surface area contributed by atoms with E-state index in [9.17, 15) is 31.5 Å². The summed E-state index contributed by atoms with van der Waals surface area (Å²) in [7, 11) is 1.45. The fourth-order valence-electron chi connectivity index (χ4n) is 5.03. The number of aromatic amines is 1. The zero-order valence-corrected chi connectivity index (χ0v) is 24.3. The second-order valence-electron chi connectivity index (χ2n) is 11.9. The van der Waals surface area contributed by atoms with Crippen molar-refractivity contribution in [2.24, 2.45) is 5.92 Å². The number of nitrogens with one attached hydrogen (secondary N) is 3. The molecule has 0 radical (unpaired) electrons. The molecule has 0 spiro atoms. The molecule has 0 aliphatic heterocycles. The highest BCUT2D eigenvalue weighted by molar-refractivity contribution is 5.93. The molecule has 2 aliphatic carbocycles. The maximum atomic E-state index is 13.5. The van der Waals surface area contributed by atoms with Crippen molar-refractivity contribution in [1.29, 1.82) is 0 Å². The Hall–Kier alpha value is -3.66. The Balaban J connectivity index is 1.36. The van der Waals surface area contributed by atoms with Gasteiger partial charge in [-0.05, 0) is 55.5 Å². The molecule has 240 valence electrons. The average Bonchev–Trinajstić information content (AvgIpc) is 3.48. The predicted octanol–water partition coefficient (Wildman–Crippen LogP) is 4.89. The van der Waals surface area contributed by atoms with Crippen LogP contribution in [0, 0.1) is 5.92 Å². The van der Waals surface area contributed by atoms with Gasteiger partial charge in [0.25, 0.3) is 5.91 Å². The first-order valence-electron chi connectivity index (χ1n) is 14.2. The number of benzene rings is 1. The third kappa shape index (κ3) is 7.17. The zero-order chi connectivity index (χ0) is 31.9. The molecule has 2 aliphatic rings. The summed E-state index contributed by atoms with van der Waals surface area (Å²) in [6.07, 6.45) is -3.74. The van der Waals surface area contributed by atoms with Gasteiger partial charge in [-0.25, -0.2) is 18.4 Å². The highest BCUT2D eigenvalue weighted by Gasteiger charge is 2.49. The lowest BCUT2D eigenvalue weighted by atomic mass is 9.79. The predicted molar refractivity (Wildman–Crippen MR) is 144 cm³/mol. The monoisotopic (exact) mass is 628 g/mol. The van der Waals surface area contributed by atoms with Gasteiger partial charge in [0.05, 0.1) is 30.3 Å². The first kappa shape index (κ1) is 31.8. The number of hydrogen-bond acceptors (Lipinski definition) is 8. The first-order valence-corrected chi connectivity index (χ1v) is 14.2. The summed E-state index contributed by atoms with van der Waals surface area (Å²) in [5.74, 6) is -4.07. The summed E-state index contributed by atoms with van der Waals surface area (Å²) >= 11 is 0. The van der Waals surface area contributed by atoms with Crippen LogP contribution in [-0.2, 0) is 14.3 Å². The van der Waals surface area contributed by atoms with Crippen LogP contribution in [-0.4, -0.2) is 70.1 Å². The molecule has 44 heavy (non-hydrogen) atoms. The molecule has 2 fully saturated rings. The SMILES string of the molecule is COC[C@H](NC(=O)CC1CC(F)(F)C1)c1ccc2nc([C@H](COC(C)(C)C(F)(F)F)NC(=O)c3nonc3C3CC3)[nH]c2c1. The van der Waals surface area contributed by atoms with Crippen molar-refractivity contribution in [2.75, 3.05) is 20.3 Å². The summed E-state index contributed by atoms with van der Waals surface area (Å²) in [4.78, 5) is 33.2. The normalized spacial score (nSPS) is 18.5. The number of rotatable bonds is 13. The first-order chi connectivity index (χ1) is 20.7. The largest absolute Gasteiger partial charge is 0.416 e. The van der Waals surface area contributed by atoms with Crippen molar-refractivity contribution < 1.29 is 45.6 Å². The number of H-pyrrole nitrogens is 1. The van der Waals surface area contributed by atoms with Crippen molar-refractivity contribution in [3.05, 3.63) is 41.0 Å². The molecule has 0 unspecified atom stereocenters. The van der Waals surface area contributed by atoms with Crippen molar-refractivity contribution in [3.8, 4) is 0 Å². The summed E-state index contributed by atoms with van der Waals surface area (Å²) in [5.41, 5.74) is -0.703. The van der Waals surface area contributed by atoms with Gasteiger partial charge in [-0.3, -0.25) is 9.59 Å². The molecule has 2 heterocycles. The highest BCUT2D eigenvalue weighted by Crippen LogP contribution is 2.44. The molecule has 2 amide bonds. The second-order valence-corrected chi connectivity index (χ2v) is 11.9. The van der Waals surface area contributed by atoms with Crippen LogP contribution in [0.5, 0.6) is 0 Å². The van der Waals surface area contributed by atoms with Gasteiger partial charge in [0.2, 0.25) is 11.8 Å². The van der Waals surface area contributed by atoms with Crippen LogP contribution in [0.15, 0.2) is 22.8 Å². The molecule has 11 nitrogen and oxygen atoms in total. The number of halogens is 5. The van der Waals surface area contributed by atoms with Crippen molar-refractivity contribution in [1.82, 2.24) is 30.9 Å². The number of carbonyl (C=O) groups is 2. The fourth-order valence-corrected chi connectivity index (χ4v) is 5.03. The van der Waals surface area contributed by atoms with Gasteiger partial charge in [0, 0.05) is 32.3 Å². The lowest BCUT2D eigenvalue weighted by Gasteiger charge is -2.34.